The summed E-state index contributed by atoms with van der Waals surface area (Å²) < 4.78 is 9.44. The van der Waals surface area contributed by atoms with Crippen LogP contribution in [0, 0.1) is 5.92 Å². The average molecular weight is 148 g/mol. The molecule has 60 valence electrons. The molecule has 0 aromatic heterocycles. The van der Waals surface area contributed by atoms with Crippen LogP contribution in [0.5, 0.6) is 0 Å². The fourth-order valence-corrected chi connectivity index (χ4v) is 0.621. The van der Waals surface area contributed by atoms with Gasteiger partial charge in [0.2, 0.25) is 0 Å². The van der Waals surface area contributed by atoms with Crippen LogP contribution in [-0.2, 0) is 14.3 Å². The second-order valence-electron chi connectivity index (χ2n) is 1.97. The van der Waals surface area contributed by atoms with Crippen LogP contribution in [0.15, 0.2) is 0 Å². The van der Waals surface area contributed by atoms with Crippen LogP contribution in [0.2, 0.25) is 0 Å². The highest BCUT2D eigenvalue weighted by molar-refractivity contribution is 5.69. The van der Waals surface area contributed by atoms with E-state index < -0.39 is 18.2 Å². The average Bonchev–Trinajstić information content (AvgIpc) is 1.90. The normalized spacial score (nSPS) is 13.6. The Kier molecular flexibility index (Phi) is 3.99. The lowest BCUT2D eigenvalue weighted by molar-refractivity contribution is -0.169. The lowest BCUT2D eigenvalue weighted by Crippen LogP contribution is -2.28. The number of hydrogen-bond acceptors (Lipinski definition) is 3. The van der Waals surface area contributed by atoms with E-state index in [-0.39, 0.29) is 0 Å². The van der Waals surface area contributed by atoms with Crippen molar-refractivity contribution in [3.05, 3.63) is 0 Å². The zero-order chi connectivity index (χ0) is 8.15. The van der Waals surface area contributed by atoms with Gasteiger partial charge in [0.1, 0.15) is 5.92 Å². The van der Waals surface area contributed by atoms with Crippen molar-refractivity contribution in [2.45, 2.75) is 13.2 Å². The molecular weight excluding hydrogens is 136 g/mol. The van der Waals surface area contributed by atoms with Gasteiger partial charge >= 0.3 is 5.97 Å². The summed E-state index contributed by atoms with van der Waals surface area (Å²) in [5, 5.41) is 8.45. The Balaban J connectivity index is 3.88. The first-order chi connectivity index (χ1) is 4.63. The van der Waals surface area contributed by atoms with E-state index in [0.29, 0.717) is 0 Å². The van der Waals surface area contributed by atoms with Gasteiger partial charge < -0.3 is 14.6 Å². The SMILES string of the molecule is COC(OC)C(C)C(=O)O. The van der Waals surface area contributed by atoms with Crippen molar-refractivity contribution in [2.75, 3.05) is 14.2 Å². The third-order valence-corrected chi connectivity index (χ3v) is 1.26. The number of carboxylic acids is 1. The smallest absolute Gasteiger partial charge is 0.311 e. The van der Waals surface area contributed by atoms with Gasteiger partial charge in [0.25, 0.3) is 0 Å². The molecule has 1 atom stereocenters. The summed E-state index contributed by atoms with van der Waals surface area (Å²) in [6.45, 7) is 1.53. The predicted molar refractivity (Wildman–Crippen MR) is 34.6 cm³/mol. The first kappa shape index (κ1) is 9.39. The maximum absolute atomic E-state index is 10.3. The van der Waals surface area contributed by atoms with Gasteiger partial charge in [0.05, 0.1) is 0 Å². The van der Waals surface area contributed by atoms with Crippen molar-refractivity contribution in [3.8, 4) is 0 Å². The summed E-state index contributed by atoms with van der Waals surface area (Å²) in [7, 11) is 2.82. The maximum atomic E-state index is 10.3. The van der Waals surface area contributed by atoms with E-state index in [9.17, 15) is 4.79 Å². The number of carbonyl (C=O) groups is 1. The van der Waals surface area contributed by atoms with Gasteiger partial charge in [-0.15, -0.1) is 0 Å². The maximum Gasteiger partial charge on any atom is 0.311 e. The molecule has 0 spiro atoms. The Morgan fingerprint density at radius 3 is 1.90 bits per heavy atom. The van der Waals surface area contributed by atoms with Crippen molar-refractivity contribution >= 4 is 5.97 Å². The predicted octanol–water partition coefficient (Wildman–Crippen LogP) is 0.326. The van der Waals surface area contributed by atoms with Crippen molar-refractivity contribution in [2.24, 2.45) is 5.92 Å². The topological polar surface area (TPSA) is 55.8 Å². The minimum Gasteiger partial charge on any atom is -0.481 e. The van der Waals surface area contributed by atoms with E-state index in [1.54, 1.807) is 0 Å². The van der Waals surface area contributed by atoms with E-state index in [2.05, 4.69) is 0 Å². The summed E-state index contributed by atoms with van der Waals surface area (Å²) in [6.07, 6.45) is -0.655. The van der Waals surface area contributed by atoms with E-state index in [1.807, 2.05) is 0 Å². The van der Waals surface area contributed by atoms with Crippen LogP contribution < -0.4 is 0 Å². The third kappa shape index (κ3) is 2.33. The molecule has 0 radical (unpaired) electrons. The van der Waals surface area contributed by atoms with Gasteiger partial charge in [0, 0.05) is 14.2 Å². The molecule has 0 aliphatic heterocycles. The van der Waals surface area contributed by atoms with Gasteiger partial charge in [-0.05, 0) is 6.92 Å². The fraction of sp³-hybridized carbons (Fsp3) is 0.833. The lowest BCUT2D eigenvalue weighted by Gasteiger charge is -2.16. The summed E-state index contributed by atoms with van der Waals surface area (Å²) >= 11 is 0. The number of aliphatic carboxylic acids is 1. The zero-order valence-electron chi connectivity index (χ0n) is 6.33. The molecule has 4 heteroatoms. The second-order valence-corrected chi connectivity index (χ2v) is 1.97. The lowest BCUT2D eigenvalue weighted by atomic mass is 10.2. The molecule has 0 aromatic rings. The molecule has 0 aromatic carbocycles. The molecule has 1 N–H and O–H groups in total. The van der Waals surface area contributed by atoms with Crippen LogP contribution in [0.3, 0.4) is 0 Å². The highest BCUT2D eigenvalue weighted by Gasteiger charge is 2.22. The minimum absolute atomic E-state index is 0.630. The Hall–Kier alpha value is -0.610. The Bertz CT molecular complexity index is 108. The molecule has 0 aliphatic rings. The molecule has 0 saturated carbocycles. The third-order valence-electron chi connectivity index (χ3n) is 1.26. The monoisotopic (exact) mass is 148 g/mol. The molecule has 10 heavy (non-hydrogen) atoms. The number of ether oxygens (including phenoxy) is 2. The van der Waals surface area contributed by atoms with Crippen molar-refractivity contribution in [3.63, 3.8) is 0 Å². The fourth-order valence-electron chi connectivity index (χ4n) is 0.621. The highest BCUT2D eigenvalue weighted by atomic mass is 16.7. The molecule has 0 rings (SSSR count). The van der Waals surface area contributed by atoms with Gasteiger partial charge in [-0.2, -0.15) is 0 Å². The van der Waals surface area contributed by atoms with Gasteiger partial charge in [-0.3, -0.25) is 4.79 Å². The van der Waals surface area contributed by atoms with Crippen molar-refractivity contribution < 1.29 is 19.4 Å². The van der Waals surface area contributed by atoms with Crippen LogP contribution in [-0.4, -0.2) is 31.6 Å². The van der Waals surface area contributed by atoms with E-state index in [4.69, 9.17) is 14.6 Å². The summed E-state index contributed by atoms with van der Waals surface area (Å²) in [6, 6.07) is 0. The van der Waals surface area contributed by atoms with E-state index >= 15 is 0 Å². The number of methoxy groups -OCH3 is 2. The first-order valence-corrected chi connectivity index (χ1v) is 2.91. The number of rotatable bonds is 4. The molecule has 0 bridgehead atoms. The minimum atomic E-state index is -0.922. The van der Waals surface area contributed by atoms with Crippen LogP contribution in [0.25, 0.3) is 0 Å². The summed E-state index contributed by atoms with van der Waals surface area (Å²) in [4.78, 5) is 10.3. The molecule has 0 amide bonds. The molecule has 0 saturated heterocycles. The number of carboxylic acid groups (broad SMARTS) is 1. The van der Waals surface area contributed by atoms with E-state index in [0.717, 1.165) is 0 Å². The number of hydrogen-bond donors (Lipinski definition) is 1. The largest absolute Gasteiger partial charge is 0.481 e. The molecule has 0 heterocycles. The molecule has 4 nitrogen and oxygen atoms in total. The van der Waals surface area contributed by atoms with Gasteiger partial charge in [-0.1, -0.05) is 0 Å². The summed E-state index contributed by atoms with van der Waals surface area (Å²) in [5.41, 5.74) is 0. The molecule has 1 unspecified atom stereocenters. The van der Waals surface area contributed by atoms with Crippen LogP contribution in [0.4, 0.5) is 0 Å². The van der Waals surface area contributed by atoms with Crippen LogP contribution >= 0.6 is 0 Å². The van der Waals surface area contributed by atoms with Crippen LogP contribution in [0.1, 0.15) is 6.92 Å². The zero-order valence-corrected chi connectivity index (χ0v) is 6.33. The second kappa shape index (κ2) is 4.24. The van der Waals surface area contributed by atoms with Crippen molar-refractivity contribution in [1.82, 2.24) is 0 Å². The van der Waals surface area contributed by atoms with Gasteiger partial charge in [-0.25, -0.2) is 0 Å². The summed E-state index contributed by atoms with van der Waals surface area (Å²) in [5.74, 6) is -1.55. The standard InChI is InChI=1S/C6H12O4/c1-4(5(7)8)6(9-2)10-3/h4,6H,1-3H3,(H,7,8). The Morgan fingerprint density at radius 2 is 1.80 bits per heavy atom. The molecular formula is C6H12O4. The van der Waals surface area contributed by atoms with Gasteiger partial charge in [0.15, 0.2) is 6.29 Å². The Labute approximate surface area is 59.7 Å². The first-order valence-electron chi connectivity index (χ1n) is 2.91. The molecule has 0 aliphatic carbocycles. The van der Waals surface area contributed by atoms with Crippen molar-refractivity contribution in [1.29, 1.82) is 0 Å². The van der Waals surface area contributed by atoms with E-state index in [1.165, 1.54) is 21.1 Å². The highest BCUT2D eigenvalue weighted by Crippen LogP contribution is 2.06. The quantitative estimate of drug-likeness (QED) is 0.583. The molecule has 0 fully saturated rings. The Morgan fingerprint density at radius 1 is 1.40 bits per heavy atom.